The molecule has 0 fully saturated rings. The Bertz CT molecular complexity index is 423. The summed E-state index contributed by atoms with van der Waals surface area (Å²) in [6.07, 6.45) is -6.31. The first kappa shape index (κ1) is 17.9. The molecule has 0 aliphatic heterocycles. The highest BCUT2D eigenvalue weighted by molar-refractivity contribution is 5.25. The highest BCUT2D eigenvalue weighted by Gasteiger charge is 2.40. The molecular formula is C15H22F3NO2. The molecule has 0 aliphatic rings. The molecule has 0 bridgehead atoms. The van der Waals surface area contributed by atoms with Crippen molar-refractivity contribution < 1.29 is 23.0 Å². The number of hydrogen-bond acceptors (Lipinski definition) is 3. The lowest BCUT2D eigenvalue weighted by atomic mass is 9.90. The average Bonchev–Trinajstić information content (AvgIpc) is 2.42. The fraction of sp³-hybridized carbons (Fsp3) is 0.600. The van der Waals surface area contributed by atoms with Crippen LogP contribution in [0.15, 0.2) is 30.3 Å². The third kappa shape index (κ3) is 4.98. The van der Waals surface area contributed by atoms with Crippen LogP contribution in [0.2, 0.25) is 0 Å². The van der Waals surface area contributed by atoms with Crippen LogP contribution in [0.1, 0.15) is 26.3 Å². The van der Waals surface area contributed by atoms with Crippen molar-refractivity contribution in [1.82, 2.24) is 5.32 Å². The molecule has 0 spiro atoms. The zero-order valence-corrected chi connectivity index (χ0v) is 12.4. The molecule has 21 heavy (non-hydrogen) atoms. The molecule has 0 saturated carbocycles. The van der Waals surface area contributed by atoms with Gasteiger partial charge in [-0.15, -0.1) is 0 Å². The van der Waals surface area contributed by atoms with E-state index in [1.807, 2.05) is 13.8 Å². The van der Waals surface area contributed by atoms with Crippen LogP contribution in [0.4, 0.5) is 13.2 Å². The van der Waals surface area contributed by atoms with Crippen LogP contribution in [0, 0.1) is 0 Å². The Kier molecular flexibility index (Phi) is 6.19. The highest BCUT2D eigenvalue weighted by Crippen LogP contribution is 2.27. The summed E-state index contributed by atoms with van der Waals surface area (Å²) in [4.78, 5) is 0. The maximum atomic E-state index is 12.6. The van der Waals surface area contributed by atoms with Gasteiger partial charge in [0.1, 0.15) is 0 Å². The van der Waals surface area contributed by atoms with Crippen LogP contribution in [-0.2, 0) is 10.3 Å². The van der Waals surface area contributed by atoms with Crippen molar-refractivity contribution in [2.45, 2.75) is 44.6 Å². The van der Waals surface area contributed by atoms with E-state index in [0.717, 1.165) is 6.92 Å². The molecule has 120 valence electrons. The standard InChI is InChI=1S/C15H22F3NO2/c1-11(2)19-14(9-20,13-7-5-4-6-8-13)10-21-12(3)15(16,17)18/h4-8,11-12,19-20H,9-10H2,1-3H3. The van der Waals surface area contributed by atoms with E-state index in [1.54, 1.807) is 30.3 Å². The van der Waals surface area contributed by atoms with Gasteiger partial charge >= 0.3 is 6.18 Å². The van der Waals surface area contributed by atoms with Gasteiger partial charge in [0.2, 0.25) is 0 Å². The smallest absolute Gasteiger partial charge is 0.394 e. The Labute approximate surface area is 123 Å². The molecular weight excluding hydrogens is 283 g/mol. The van der Waals surface area contributed by atoms with E-state index < -0.39 is 17.8 Å². The number of ether oxygens (including phenoxy) is 1. The Morgan fingerprint density at radius 1 is 1.14 bits per heavy atom. The third-order valence-corrected chi connectivity index (χ3v) is 3.20. The van der Waals surface area contributed by atoms with Crippen LogP contribution in [0.5, 0.6) is 0 Å². The summed E-state index contributed by atoms with van der Waals surface area (Å²) in [5.41, 5.74) is -0.370. The summed E-state index contributed by atoms with van der Waals surface area (Å²) < 4.78 is 42.7. The average molecular weight is 305 g/mol. The molecule has 1 rings (SSSR count). The lowest BCUT2D eigenvalue weighted by Crippen LogP contribution is -2.53. The van der Waals surface area contributed by atoms with Gasteiger partial charge in [-0.1, -0.05) is 30.3 Å². The van der Waals surface area contributed by atoms with E-state index in [4.69, 9.17) is 4.74 Å². The van der Waals surface area contributed by atoms with Crippen LogP contribution in [0.3, 0.4) is 0 Å². The predicted molar refractivity (Wildman–Crippen MR) is 74.9 cm³/mol. The zero-order chi connectivity index (χ0) is 16.1. The second kappa shape index (κ2) is 7.24. The summed E-state index contributed by atoms with van der Waals surface area (Å²) in [6, 6.07) is 8.84. The number of aliphatic hydroxyl groups excluding tert-OH is 1. The summed E-state index contributed by atoms with van der Waals surface area (Å²) in [5.74, 6) is 0. The van der Waals surface area contributed by atoms with Crippen molar-refractivity contribution in [3.05, 3.63) is 35.9 Å². The number of benzene rings is 1. The van der Waals surface area contributed by atoms with E-state index in [1.165, 1.54) is 0 Å². The van der Waals surface area contributed by atoms with Gasteiger partial charge in [0.15, 0.2) is 6.10 Å². The van der Waals surface area contributed by atoms with Crippen LogP contribution < -0.4 is 5.32 Å². The monoisotopic (exact) mass is 305 g/mol. The summed E-state index contributed by atoms with van der Waals surface area (Å²) in [5, 5.41) is 12.9. The normalized spacial score (nSPS) is 16.8. The van der Waals surface area contributed by atoms with Gasteiger partial charge in [-0.2, -0.15) is 13.2 Å². The molecule has 0 aliphatic carbocycles. The Hall–Kier alpha value is -1.11. The van der Waals surface area contributed by atoms with E-state index in [0.29, 0.717) is 5.56 Å². The lowest BCUT2D eigenvalue weighted by Gasteiger charge is -2.36. The minimum absolute atomic E-state index is 0.0258. The second-order valence-corrected chi connectivity index (χ2v) is 5.40. The molecule has 0 aromatic heterocycles. The van der Waals surface area contributed by atoms with Crippen LogP contribution >= 0.6 is 0 Å². The topological polar surface area (TPSA) is 41.5 Å². The second-order valence-electron chi connectivity index (χ2n) is 5.40. The summed E-state index contributed by atoms with van der Waals surface area (Å²) in [6.45, 7) is 4.05. The first-order valence-electron chi connectivity index (χ1n) is 6.83. The van der Waals surface area contributed by atoms with Crippen molar-refractivity contribution in [2.24, 2.45) is 0 Å². The maximum Gasteiger partial charge on any atom is 0.414 e. The molecule has 0 amide bonds. The van der Waals surface area contributed by atoms with Gasteiger partial charge < -0.3 is 15.2 Å². The van der Waals surface area contributed by atoms with E-state index >= 15 is 0 Å². The van der Waals surface area contributed by atoms with Gasteiger partial charge in [-0.3, -0.25) is 0 Å². The zero-order valence-electron chi connectivity index (χ0n) is 12.4. The maximum absolute atomic E-state index is 12.6. The molecule has 2 N–H and O–H groups in total. The molecule has 1 aromatic carbocycles. The molecule has 0 radical (unpaired) electrons. The number of nitrogens with one attached hydrogen (secondary N) is 1. The fourth-order valence-corrected chi connectivity index (χ4v) is 2.06. The van der Waals surface area contributed by atoms with E-state index in [9.17, 15) is 18.3 Å². The quantitative estimate of drug-likeness (QED) is 0.814. The number of hydrogen-bond donors (Lipinski definition) is 2. The lowest BCUT2D eigenvalue weighted by molar-refractivity contribution is -0.220. The minimum Gasteiger partial charge on any atom is -0.394 e. The fourth-order valence-electron chi connectivity index (χ4n) is 2.06. The highest BCUT2D eigenvalue weighted by atomic mass is 19.4. The third-order valence-electron chi connectivity index (χ3n) is 3.20. The van der Waals surface area contributed by atoms with Crippen molar-refractivity contribution in [3.63, 3.8) is 0 Å². The largest absolute Gasteiger partial charge is 0.414 e. The van der Waals surface area contributed by atoms with Gasteiger partial charge in [0.05, 0.1) is 18.8 Å². The van der Waals surface area contributed by atoms with Crippen LogP contribution in [-0.4, -0.2) is 36.6 Å². The van der Waals surface area contributed by atoms with Gasteiger partial charge in [-0.25, -0.2) is 0 Å². The number of alkyl halides is 3. The number of aliphatic hydroxyl groups is 1. The molecule has 2 unspecified atom stereocenters. The summed E-state index contributed by atoms with van der Waals surface area (Å²) in [7, 11) is 0. The summed E-state index contributed by atoms with van der Waals surface area (Å²) >= 11 is 0. The van der Waals surface area contributed by atoms with Gasteiger partial charge in [0.25, 0.3) is 0 Å². The minimum atomic E-state index is -4.42. The molecule has 1 aromatic rings. The van der Waals surface area contributed by atoms with E-state index in [-0.39, 0.29) is 19.3 Å². The number of rotatable bonds is 7. The van der Waals surface area contributed by atoms with Gasteiger partial charge in [0, 0.05) is 6.04 Å². The molecule has 0 saturated heterocycles. The van der Waals surface area contributed by atoms with Crippen molar-refractivity contribution in [2.75, 3.05) is 13.2 Å². The van der Waals surface area contributed by atoms with Crippen molar-refractivity contribution in [3.8, 4) is 0 Å². The first-order valence-corrected chi connectivity index (χ1v) is 6.83. The molecule has 6 heteroatoms. The number of halogens is 3. The Morgan fingerprint density at radius 3 is 2.14 bits per heavy atom. The SMILES string of the molecule is CC(C)NC(CO)(COC(C)C(F)(F)F)c1ccccc1. The Morgan fingerprint density at radius 2 is 1.71 bits per heavy atom. The molecule has 3 nitrogen and oxygen atoms in total. The molecule has 0 heterocycles. The van der Waals surface area contributed by atoms with E-state index in [2.05, 4.69) is 5.32 Å². The molecule has 2 atom stereocenters. The first-order chi connectivity index (χ1) is 9.71. The Balaban J connectivity index is 2.97. The predicted octanol–water partition coefficient (Wildman–Crippen LogP) is 2.84. The van der Waals surface area contributed by atoms with Crippen LogP contribution in [0.25, 0.3) is 0 Å². The van der Waals surface area contributed by atoms with Crippen molar-refractivity contribution >= 4 is 0 Å². The van der Waals surface area contributed by atoms with Gasteiger partial charge in [-0.05, 0) is 26.3 Å². The van der Waals surface area contributed by atoms with Crippen molar-refractivity contribution in [1.29, 1.82) is 0 Å².